The first-order chi connectivity index (χ1) is 12.4. The van der Waals surface area contributed by atoms with Gasteiger partial charge in [-0.3, -0.25) is 0 Å². The Morgan fingerprint density at radius 2 is 0.923 bits per heavy atom. The van der Waals surface area contributed by atoms with Gasteiger partial charge in [0.2, 0.25) is 0 Å². The monoisotopic (exact) mass is 422 g/mol. The highest BCUT2D eigenvalue weighted by Crippen LogP contribution is 2.46. The Bertz CT molecular complexity index is 566. The van der Waals surface area contributed by atoms with Gasteiger partial charge >= 0.3 is 0 Å². The number of hydrogen-bond acceptors (Lipinski definition) is 4. The first-order valence-corrected chi connectivity index (χ1v) is 13.4. The summed E-state index contributed by atoms with van der Waals surface area (Å²) in [5, 5.41) is 0. The zero-order valence-electron chi connectivity index (χ0n) is 16.2. The van der Waals surface area contributed by atoms with Gasteiger partial charge in [-0.2, -0.15) is 23.5 Å². The zero-order valence-corrected chi connectivity index (χ0v) is 19.5. The molecule has 0 unspecified atom stereocenters. The van der Waals surface area contributed by atoms with Crippen LogP contribution in [0, 0.1) is 0 Å². The molecule has 0 amide bonds. The molecule has 0 aliphatic carbocycles. The quantitative estimate of drug-likeness (QED) is 0.339. The van der Waals surface area contributed by atoms with Crippen LogP contribution in [-0.4, -0.2) is 21.0 Å². The van der Waals surface area contributed by atoms with E-state index in [1.165, 1.54) is 22.6 Å². The van der Waals surface area contributed by atoms with E-state index in [9.17, 15) is 0 Å². The molecule has 2 rings (SSSR count). The molecule has 0 heterocycles. The third-order valence-corrected chi connectivity index (χ3v) is 11.1. The molecule has 0 atom stereocenters. The molecule has 0 radical (unpaired) electrons. The second-order valence-electron chi connectivity index (χ2n) is 7.64. The summed E-state index contributed by atoms with van der Waals surface area (Å²) in [5.74, 6) is 4.55. The van der Waals surface area contributed by atoms with Crippen LogP contribution in [0.2, 0.25) is 0 Å². The molecule has 0 aliphatic rings. The van der Waals surface area contributed by atoms with Crippen LogP contribution in [0.15, 0.2) is 60.7 Å². The van der Waals surface area contributed by atoms with Crippen molar-refractivity contribution < 1.29 is 0 Å². The first-order valence-electron chi connectivity index (χ1n) is 8.97. The predicted molar refractivity (Wildman–Crippen MR) is 129 cm³/mol. The maximum Gasteiger partial charge on any atom is 0.0298 e. The second kappa shape index (κ2) is 11.0. The summed E-state index contributed by atoms with van der Waals surface area (Å²) in [6.07, 6.45) is 0. The minimum Gasteiger partial charge on any atom is -0.156 e. The average Bonchev–Trinajstić information content (AvgIpc) is 2.62. The van der Waals surface area contributed by atoms with Gasteiger partial charge in [-0.15, -0.1) is 0 Å². The van der Waals surface area contributed by atoms with Crippen molar-refractivity contribution in [1.29, 1.82) is 0 Å². The van der Waals surface area contributed by atoms with Gasteiger partial charge in [0, 0.05) is 32.5 Å². The van der Waals surface area contributed by atoms with Crippen molar-refractivity contribution in [2.45, 2.75) is 48.7 Å². The molecule has 26 heavy (non-hydrogen) atoms. The van der Waals surface area contributed by atoms with Gasteiger partial charge in [0.1, 0.15) is 0 Å². The van der Waals surface area contributed by atoms with E-state index in [1.54, 1.807) is 0 Å². The van der Waals surface area contributed by atoms with Crippen molar-refractivity contribution in [3.05, 3.63) is 71.8 Å². The Hall–Kier alpha value is -0.160. The first kappa shape index (κ1) is 22.1. The van der Waals surface area contributed by atoms with Gasteiger partial charge in [0.25, 0.3) is 0 Å². The topological polar surface area (TPSA) is 0 Å². The Morgan fingerprint density at radius 1 is 0.577 bits per heavy atom. The van der Waals surface area contributed by atoms with E-state index in [1.807, 2.05) is 45.1 Å². The third-order valence-electron chi connectivity index (χ3n) is 3.62. The number of rotatable bonds is 11. The lowest BCUT2D eigenvalue weighted by Crippen LogP contribution is -2.22. The minimum atomic E-state index is 0.283. The van der Waals surface area contributed by atoms with E-state index < -0.39 is 0 Å². The van der Waals surface area contributed by atoms with Crippen molar-refractivity contribution >= 4 is 45.1 Å². The van der Waals surface area contributed by atoms with E-state index in [0.717, 1.165) is 11.5 Å². The van der Waals surface area contributed by atoms with Crippen LogP contribution in [-0.2, 0) is 11.5 Å². The van der Waals surface area contributed by atoms with Crippen LogP contribution >= 0.6 is 45.1 Å². The molecule has 0 N–H and O–H groups in total. The van der Waals surface area contributed by atoms with Crippen LogP contribution < -0.4 is 0 Å². The molecule has 0 bridgehead atoms. The fourth-order valence-electron chi connectivity index (χ4n) is 2.25. The molecule has 142 valence electrons. The fourth-order valence-corrected chi connectivity index (χ4v) is 7.85. The zero-order chi connectivity index (χ0) is 18.9. The Balaban J connectivity index is 1.67. The second-order valence-corrected chi connectivity index (χ2v) is 13.2. The van der Waals surface area contributed by atoms with Crippen LogP contribution in [0.1, 0.15) is 38.8 Å². The smallest absolute Gasteiger partial charge is 0.0298 e. The molecule has 0 saturated heterocycles. The summed E-state index contributed by atoms with van der Waals surface area (Å²) in [4.78, 5) is 0. The molecule has 0 fully saturated rings. The van der Waals surface area contributed by atoms with Crippen molar-refractivity contribution in [1.82, 2.24) is 0 Å². The highest BCUT2D eigenvalue weighted by atomic mass is 33.1. The van der Waals surface area contributed by atoms with E-state index in [-0.39, 0.29) is 9.49 Å². The highest BCUT2D eigenvalue weighted by molar-refractivity contribution is 8.77. The fraction of sp³-hybridized carbons (Fsp3) is 0.455. The summed E-state index contributed by atoms with van der Waals surface area (Å²) < 4.78 is 0.566. The van der Waals surface area contributed by atoms with Crippen molar-refractivity contribution in [2.24, 2.45) is 0 Å². The van der Waals surface area contributed by atoms with Crippen LogP contribution in [0.3, 0.4) is 0 Å². The maximum absolute atomic E-state index is 2.37. The molecule has 2 aromatic rings. The Morgan fingerprint density at radius 3 is 1.27 bits per heavy atom. The van der Waals surface area contributed by atoms with Gasteiger partial charge in [-0.05, 0) is 38.8 Å². The van der Waals surface area contributed by atoms with Gasteiger partial charge < -0.3 is 0 Å². The lowest BCUT2D eigenvalue weighted by atomic mass is 10.2. The van der Waals surface area contributed by atoms with Crippen LogP contribution in [0.5, 0.6) is 0 Å². The van der Waals surface area contributed by atoms with Crippen molar-refractivity contribution in [3.63, 3.8) is 0 Å². The molecule has 4 heteroatoms. The van der Waals surface area contributed by atoms with Gasteiger partial charge in [-0.1, -0.05) is 82.3 Å². The van der Waals surface area contributed by atoms with Gasteiger partial charge in [0.05, 0.1) is 0 Å². The SMILES string of the molecule is CC(C)(CSCc1ccccc1)SSC(C)(C)CSCc1ccccc1. The summed E-state index contributed by atoms with van der Waals surface area (Å²) in [6, 6.07) is 21.5. The maximum atomic E-state index is 2.37. The molecule has 0 nitrogen and oxygen atoms in total. The molecular formula is C22H30S4. The Kier molecular flexibility index (Phi) is 9.36. The number of thioether (sulfide) groups is 2. The summed E-state index contributed by atoms with van der Waals surface area (Å²) >= 11 is 4.08. The van der Waals surface area contributed by atoms with Gasteiger partial charge in [0.15, 0.2) is 0 Å². The largest absolute Gasteiger partial charge is 0.156 e. The normalized spacial score (nSPS) is 12.3. The van der Waals surface area contributed by atoms with Crippen LogP contribution in [0.4, 0.5) is 0 Å². The van der Waals surface area contributed by atoms with E-state index >= 15 is 0 Å². The van der Waals surface area contributed by atoms with E-state index in [4.69, 9.17) is 0 Å². The average molecular weight is 423 g/mol. The third kappa shape index (κ3) is 9.16. The van der Waals surface area contributed by atoms with E-state index in [2.05, 4.69) is 88.4 Å². The highest BCUT2D eigenvalue weighted by Gasteiger charge is 2.26. The summed E-state index contributed by atoms with van der Waals surface area (Å²) in [6.45, 7) is 9.48. The molecule has 0 aliphatic heterocycles. The van der Waals surface area contributed by atoms with Crippen molar-refractivity contribution in [3.8, 4) is 0 Å². The summed E-state index contributed by atoms with van der Waals surface area (Å²) in [7, 11) is 4.10. The van der Waals surface area contributed by atoms with Crippen LogP contribution in [0.25, 0.3) is 0 Å². The number of benzene rings is 2. The minimum absolute atomic E-state index is 0.283. The Labute approximate surface area is 176 Å². The van der Waals surface area contributed by atoms with Crippen molar-refractivity contribution in [2.75, 3.05) is 11.5 Å². The molecule has 0 spiro atoms. The molecule has 0 aromatic heterocycles. The number of hydrogen-bond donors (Lipinski definition) is 0. The van der Waals surface area contributed by atoms with E-state index in [0.29, 0.717) is 0 Å². The lowest BCUT2D eigenvalue weighted by molar-refractivity contribution is 0.813. The molecular weight excluding hydrogens is 393 g/mol. The van der Waals surface area contributed by atoms with Gasteiger partial charge in [-0.25, -0.2) is 0 Å². The summed E-state index contributed by atoms with van der Waals surface area (Å²) in [5.41, 5.74) is 2.84. The molecule has 0 saturated carbocycles. The lowest BCUT2D eigenvalue weighted by Gasteiger charge is -2.29. The predicted octanol–water partition coefficient (Wildman–Crippen LogP) is 7.79. The standard InChI is InChI=1S/C22H30S4/c1-21(2,17-23-15-19-11-7-5-8-12-19)25-26-22(3,4)18-24-16-20-13-9-6-10-14-20/h5-14H,15-18H2,1-4H3. The molecule has 2 aromatic carbocycles.